The molecule has 23 valence electrons. The van der Waals surface area contributed by atoms with E-state index in [4.69, 9.17) is 1.37 Å². The molecule has 0 aromatic heterocycles. The van der Waals surface area contributed by atoms with Crippen LogP contribution in [0.25, 0.3) is 0 Å². The first-order valence-electron chi connectivity index (χ1n) is 1.69. The topological polar surface area (TPSA) is 0 Å². The van der Waals surface area contributed by atoms with Gasteiger partial charge >= 0.3 is 0 Å². The van der Waals surface area contributed by atoms with E-state index in [1.807, 2.05) is 6.92 Å². The smallest absolute Gasteiger partial charge is 0 e. The van der Waals surface area contributed by atoms with Crippen molar-refractivity contribution in [3.05, 3.63) is 6.42 Å². The summed E-state index contributed by atoms with van der Waals surface area (Å²) in [6.45, 7) is 2.31. The van der Waals surface area contributed by atoms with E-state index in [1.54, 1.807) is 6.42 Å². The first-order chi connectivity index (χ1) is 1.91. The zero-order valence-electron chi connectivity index (χ0n) is 3.86. The fourth-order valence-corrected chi connectivity index (χ4v) is 0. The van der Waals surface area contributed by atoms with Crippen LogP contribution in [0.2, 0.25) is 0 Å². The normalized spacial score (nSPS) is 7.75. The molecule has 0 fully saturated rings. The van der Waals surface area contributed by atoms with Crippen LogP contribution in [0.15, 0.2) is 0 Å². The van der Waals surface area contributed by atoms with E-state index < -0.39 is 0 Å². The molecule has 0 N–H and O–H groups in total. The molecule has 4 heavy (non-hydrogen) atoms. The Balaban J connectivity index is 0. The molecule has 0 unspecified atom stereocenters. The van der Waals surface area contributed by atoms with Gasteiger partial charge in [0.05, 0.1) is 0 Å². The molecule has 0 heterocycles. The average Bonchev–Trinajstić information content (AvgIpc) is 1.37. The Kier molecular flexibility index (Phi) is 11.4. The quantitative estimate of drug-likeness (QED) is 0.437. The van der Waals surface area contributed by atoms with Crippen molar-refractivity contribution in [2.75, 3.05) is 0 Å². The summed E-state index contributed by atoms with van der Waals surface area (Å²) < 4.78 is 6.40. The van der Waals surface area contributed by atoms with Crippen molar-refractivity contribution in [3.63, 3.8) is 0 Å². The monoisotopic (exact) mass is 134 g/mol. The zero-order valence-corrected chi connectivity index (χ0v) is 5.70. The molecule has 0 aliphatic rings. The molecule has 0 atom stereocenters. The van der Waals surface area contributed by atoms with Gasteiger partial charge in [-0.2, -0.15) is 13.8 Å². The fraction of sp³-hybridized carbons (Fsp3) is 0.667. The number of hydrogen-bond donors (Lipinski definition) is 0. The van der Waals surface area contributed by atoms with Crippen LogP contribution in [-0.4, -0.2) is 0 Å². The van der Waals surface area contributed by atoms with Crippen molar-refractivity contribution in [2.24, 2.45) is 0 Å². The summed E-state index contributed by atoms with van der Waals surface area (Å²) in [6, 6.07) is 0. The van der Waals surface area contributed by atoms with Gasteiger partial charge in [-0.05, 0) is 1.37 Å². The van der Waals surface area contributed by atoms with E-state index in [0.717, 1.165) is 0 Å². The third-order valence-electron chi connectivity index (χ3n) is 0. The Bertz CT molecular complexity index is 8.85. The van der Waals surface area contributed by atoms with Crippen LogP contribution in [-0.2, 0) is 32.7 Å². The van der Waals surface area contributed by atoms with E-state index in [9.17, 15) is 0 Å². The van der Waals surface area contributed by atoms with Gasteiger partial charge in [-0.3, -0.25) is 0 Å². The van der Waals surface area contributed by atoms with E-state index in [2.05, 4.69) is 0 Å². The number of rotatable bonds is 0. The summed E-state index contributed by atoms with van der Waals surface area (Å²) in [5.74, 6) is 0. The summed E-state index contributed by atoms with van der Waals surface area (Å²) in [5.41, 5.74) is 0. The molecule has 0 nitrogen and oxygen atoms in total. The van der Waals surface area contributed by atoms with Gasteiger partial charge in [0.1, 0.15) is 0 Å². The molecule has 0 spiro atoms. The second-order valence-corrected chi connectivity index (χ2v) is 0.408. The zero-order chi connectivity index (χ0) is 3.41. The molecule has 0 aliphatic heterocycles. The molecule has 1 radical (unpaired) electrons. The standard InChI is InChI=1S/C3H7.Y/c1-3-2;/h3H,1-2H3;/q-1;/i1T;. The van der Waals surface area contributed by atoms with Gasteiger partial charge in [0, 0.05) is 32.7 Å². The maximum absolute atomic E-state index is 6.40. The fourth-order valence-electron chi connectivity index (χ4n) is 0. The molecule has 1 heteroatoms. The first kappa shape index (κ1) is 5.10. The van der Waals surface area contributed by atoms with Crippen LogP contribution in [0.5, 0.6) is 0 Å². The van der Waals surface area contributed by atoms with E-state index >= 15 is 0 Å². The van der Waals surface area contributed by atoms with Crippen molar-refractivity contribution >= 4 is 0 Å². The summed E-state index contributed by atoms with van der Waals surface area (Å²) in [5, 5.41) is 0. The van der Waals surface area contributed by atoms with Crippen LogP contribution >= 0.6 is 0 Å². The van der Waals surface area contributed by atoms with Gasteiger partial charge in [-0.15, -0.1) is 0 Å². The van der Waals surface area contributed by atoms with Gasteiger partial charge in [-0.25, -0.2) is 0 Å². The molecule has 0 aliphatic carbocycles. The maximum Gasteiger partial charge on any atom is 0 e. The molecular weight excluding hydrogens is 125 g/mol. The molecule has 0 bridgehead atoms. The van der Waals surface area contributed by atoms with Crippen LogP contribution in [0.4, 0.5) is 0 Å². The van der Waals surface area contributed by atoms with Gasteiger partial charge in [-0.1, -0.05) is 0 Å². The molecule has 0 saturated carbocycles. The minimum atomic E-state index is 0. The summed E-state index contributed by atoms with van der Waals surface area (Å²) >= 11 is 0. The second-order valence-electron chi connectivity index (χ2n) is 0.408. The molecule has 0 aromatic carbocycles. The van der Waals surface area contributed by atoms with Crippen LogP contribution in [0.3, 0.4) is 0 Å². The summed E-state index contributed by atoms with van der Waals surface area (Å²) in [4.78, 5) is 0. The molecule has 0 saturated heterocycles. The Morgan fingerprint density at radius 1 is 2.00 bits per heavy atom. The summed E-state index contributed by atoms with van der Waals surface area (Å²) in [7, 11) is 0. The predicted octanol–water partition coefficient (Wildman–Crippen LogP) is 1.23. The Labute approximate surface area is 54.3 Å². The Morgan fingerprint density at radius 2 is 2.25 bits per heavy atom. The van der Waals surface area contributed by atoms with E-state index in [-0.39, 0.29) is 32.7 Å². The van der Waals surface area contributed by atoms with Crippen molar-refractivity contribution < 1.29 is 34.1 Å². The molecule has 0 rings (SSSR count). The predicted molar refractivity (Wildman–Crippen MR) is 15.6 cm³/mol. The van der Waals surface area contributed by atoms with Crippen LogP contribution < -0.4 is 0 Å². The van der Waals surface area contributed by atoms with Crippen molar-refractivity contribution in [1.29, 1.82) is 0 Å². The molecule has 0 amide bonds. The van der Waals surface area contributed by atoms with E-state index in [1.165, 1.54) is 0 Å². The third-order valence-corrected chi connectivity index (χ3v) is 0. The average molecular weight is 134 g/mol. The third kappa shape index (κ3) is 11.3. The Morgan fingerprint density at radius 3 is 2.25 bits per heavy atom. The first-order valence-corrected chi connectivity index (χ1v) is 0.986. The van der Waals surface area contributed by atoms with E-state index in [0.29, 0.717) is 6.90 Å². The van der Waals surface area contributed by atoms with Gasteiger partial charge in [0.15, 0.2) is 0 Å². The van der Waals surface area contributed by atoms with Gasteiger partial charge < -0.3 is 6.42 Å². The van der Waals surface area contributed by atoms with Crippen LogP contribution in [0, 0.1) is 6.42 Å². The van der Waals surface area contributed by atoms with Crippen molar-refractivity contribution in [2.45, 2.75) is 13.8 Å². The SMILES string of the molecule is [3H]C[CH-]C.[Y]. The maximum atomic E-state index is 6.40. The van der Waals surface area contributed by atoms with Gasteiger partial charge in [0.2, 0.25) is 0 Å². The van der Waals surface area contributed by atoms with Crippen molar-refractivity contribution in [1.82, 2.24) is 0 Å². The number of hydrogen-bond acceptors (Lipinski definition) is 0. The minimum Gasteiger partial charge on any atom is -0.335 e. The molecule has 0 aromatic rings. The Hall–Kier alpha value is 1.10. The minimum absolute atomic E-state index is 0. The second kappa shape index (κ2) is 8.93. The van der Waals surface area contributed by atoms with Crippen LogP contribution in [0.1, 0.15) is 15.2 Å². The molecular formula is C3H7Y-. The largest absolute Gasteiger partial charge is 0.335 e. The van der Waals surface area contributed by atoms with Crippen molar-refractivity contribution in [3.8, 4) is 0 Å². The summed E-state index contributed by atoms with van der Waals surface area (Å²) in [6.07, 6.45) is 1.79. The van der Waals surface area contributed by atoms with Gasteiger partial charge in [0.25, 0.3) is 0 Å².